The summed E-state index contributed by atoms with van der Waals surface area (Å²) in [7, 11) is 1.61. The Kier molecular flexibility index (Phi) is 5.28. The topological polar surface area (TPSA) is 81.9 Å². The smallest absolute Gasteiger partial charge is 0.297 e. The second-order valence-electron chi connectivity index (χ2n) is 6.57. The molecule has 30 heavy (non-hydrogen) atoms. The highest BCUT2D eigenvalue weighted by Gasteiger charge is 2.18. The zero-order valence-corrected chi connectivity index (χ0v) is 17.3. The van der Waals surface area contributed by atoms with Gasteiger partial charge in [-0.15, -0.1) is 16.4 Å². The second kappa shape index (κ2) is 8.03. The van der Waals surface area contributed by atoms with E-state index in [2.05, 4.69) is 20.4 Å². The molecule has 2 heterocycles. The molecular formula is C21H18FN5O2S. The normalized spacial score (nSPS) is 10.8. The maximum Gasteiger partial charge on any atom is 0.297 e. The Morgan fingerprint density at radius 2 is 1.90 bits per heavy atom. The molecular weight excluding hydrogens is 405 g/mol. The summed E-state index contributed by atoms with van der Waals surface area (Å²) in [4.78, 5) is 21.3. The molecule has 0 spiro atoms. The van der Waals surface area contributed by atoms with Crippen molar-refractivity contribution in [3.8, 4) is 22.7 Å². The molecule has 0 unspecified atom stereocenters. The third-order valence-corrected chi connectivity index (χ3v) is 5.16. The molecule has 152 valence electrons. The van der Waals surface area contributed by atoms with Gasteiger partial charge in [0.05, 0.1) is 18.5 Å². The zero-order valence-electron chi connectivity index (χ0n) is 16.5. The number of ether oxygens (including phenoxy) is 1. The van der Waals surface area contributed by atoms with Crippen LogP contribution in [0.25, 0.3) is 16.9 Å². The number of benzene rings is 2. The van der Waals surface area contributed by atoms with Crippen molar-refractivity contribution in [2.45, 2.75) is 13.8 Å². The molecule has 0 aliphatic rings. The molecule has 7 nitrogen and oxygen atoms in total. The van der Waals surface area contributed by atoms with Crippen LogP contribution in [0.2, 0.25) is 0 Å². The number of rotatable bonds is 5. The molecule has 4 aromatic rings. The van der Waals surface area contributed by atoms with E-state index in [1.54, 1.807) is 26.2 Å². The second-order valence-corrected chi connectivity index (χ2v) is 7.42. The van der Waals surface area contributed by atoms with Crippen LogP contribution in [0.1, 0.15) is 22.0 Å². The predicted octanol–water partition coefficient (Wildman–Crippen LogP) is 4.41. The van der Waals surface area contributed by atoms with Crippen molar-refractivity contribution in [1.29, 1.82) is 0 Å². The summed E-state index contributed by atoms with van der Waals surface area (Å²) in [5, 5.41) is 9.24. The van der Waals surface area contributed by atoms with E-state index >= 15 is 0 Å². The lowest BCUT2D eigenvalue weighted by Gasteiger charge is -2.07. The lowest BCUT2D eigenvalue weighted by molar-refractivity contribution is 0.101. The van der Waals surface area contributed by atoms with Crippen molar-refractivity contribution in [3.05, 3.63) is 70.9 Å². The van der Waals surface area contributed by atoms with Crippen molar-refractivity contribution in [1.82, 2.24) is 19.7 Å². The highest BCUT2D eigenvalue weighted by Crippen LogP contribution is 2.33. The number of hydrogen-bond donors (Lipinski definition) is 1. The largest absolute Gasteiger partial charge is 0.496 e. The van der Waals surface area contributed by atoms with E-state index in [0.717, 1.165) is 11.1 Å². The summed E-state index contributed by atoms with van der Waals surface area (Å²) < 4.78 is 20.0. The van der Waals surface area contributed by atoms with Gasteiger partial charge in [0.2, 0.25) is 5.82 Å². The summed E-state index contributed by atoms with van der Waals surface area (Å²) in [5.74, 6) is 0.396. The van der Waals surface area contributed by atoms with Crippen LogP contribution in [0.3, 0.4) is 0 Å². The van der Waals surface area contributed by atoms with Gasteiger partial charge in [-0.1, -0.05) is 11.6 Å². The number of carbonyl (C=O) groups excluding carboxylic acids is 1. The molecule has 0 saturated carbocycles. The van der Waals surface area contributed by atoms with Gasteiger partial charge in [-0.3, -0.25) is 10.1 Å². The van der Waals surface area contributed by atoms with E-state index in [1.807, 2.05) is 30.5 Å². The van der Waals surface area contributed by atoms with Gasteiger partial charge in [0.15, 0.2) is 5.13 Å². The SMILES string of the molecule is COc1ccc(C)cc1-c1csc(NC(=O)c2nc(C)n(-c3ccc(F)cc3)n2)n1. The molecule has 4 rings (SSSR count). The van der Waals surface area contributed by atoms with Gasteiger partial charge >= 0.3 is 0 Å². The van der Waals surface area contributed by atoms with Crippen LogP contribution in [0, 0.1) is 19.7 Å². The molecule has 0 atom stereocenters. The molecule has 0 saturated heterocycles. The van der Waals surface area contributed by atoms with Gasteiger partial charge < -0.3 is 4.74 Å². The Balaban J connectivity index is 1.55. The number of halogens is 1. The van der Waals surface area contributed by atoms with Crippen molar-refractivity contribution in [2.24, 2.45) is 0 Å². The predicted molar refractivity (Wildman–Crippen MR) is 113 cm³/mol. The van der Waals surface area contributed by atoms with Crippen LogP contribution >= 0.6 is 11.3 Å². The molecule has 1 amide bonds. The van der Waals surface area contributed by atoms with E-state index in [-0.39, 0.29) is 11.6 Å². The number of thiazole rings is 1. The van der Waals surface area contributed by atoms with Crippen LogP contribution in [0.4, 0.5) is 9.52 Å². The van der Waals surface area contributed by atoms with Gasteiger partial charge in [-0.2, -0.15) is 0 Å². The number of aromatic nitrogens is 4. The Labute approximate surface area is 176 Å². The minimum atomic E-state index is -0.476. The minimum absolute atomic E-state index is 0.00158. The van der Waals surface area contributed by atoms with Crippen LogP contribution in [-0.4, -0.2) is 32.8 Å². The van der Waals surface area contributed by atoms with Crippen molar-refractivity contribution < 1.29 is 13.9 Å². The summed E-state index contributed by atoms with van der Waals surface area (Å²) in [5.41, 5.74) is 3.25. The summed E-state index contributed by atoms with van der Waals surface area (Å²) in [6, 6.07) is 11.6. The summed E-state index contributed by atoms with van der Waals surface area (Å²) >= 11 is 1.30. The van der Waals surface area contributed by atoms with Crippen molar-refractivity contribution in [2.75, 3.05) is 12.4 Å². The van der Waals surface area contributed by atoms with E-state index in [9.17, 15) is 9.18 Å². The quantitative estimate of drug-likeness (QED) is 0.514. The number of methoxy groups -OCH3 is 1. The van der Waals surface area contributed by atoms with Crippen LogP contribution in [0.5, 0.6) is 5.75 Å². The Hall–Kier alpha value is -3.59. The fraction of sp³-hybridized carbons (Fsp3) is 0.143. The Morgan fingerprint density at radius 3 is 2.63 bits per heavy atom. The van der Waals surface area contributed by atoms with Gasteiger partial charge in [0.25, 0.3) is 5.91 Å². The molecule has 0 radical (unpaired) electrons. The molecule has 0 bridgehead atoms. The molecule has 2 aromatic carbocycles. The first-order valence-electron chi connectivity index (χ1n) is 9.06. The van der Waals surface area contributed by atoms with Crippen molar-refractivity contribution in [3.63, 3.8) is 0 Å². The first-order chi connectivity index (χ1) is 14.4. The number of anilines is 1. The fourth-order valence-electron chi connectivity index (χ4n) is 2.94. The van der Waals surface area contributed by atoms with Crippen molar-refractivity contribution >= 4 is 22.4 Å². The Bertz CT molecular complexity index is 1220. The maximum atomic E-state index is 13.2. The number of carbonyl (C=O) groups is 1. The zero-order chi connectivity index (χ0) is 21.3. The minimum Gasteiger partial charge on any atom is -0.496 e. The molecule has 0 aliphatic carbocycles. The first kappa shape index (κ1) is 19.7. The standard InChI is InChI=1S/C21H18FN5O2S/c1-12-4-9-18(29-3)16(10-12)17-11-30-21(24-17)25-20(28)19-23-13(2)27(26-19)15-7-5-14(22)6-8-15/h4-11H,1-3H3,(H,24,25,28). The highest BCUT2D eigenvalue weighted by molar-refractivity contribution is 7.14. The van der Waals surface area contributed by atoms with E-state index in [1.165, 1.54) is 28.2 Å². The Morgan fingerprint density at radius 1 is 1.13 bits per heavy atom. The monoisotopic (exact) mass is 423 g/mol. The van der Waals surface area contributed by atoms with E-state index in [0.29, 0.717) is 28.1 Å². The van der Waals surface area contributed by atoms with Crippen LogP contribution in [0.15, 0.2) is 47.8 Å². The average Bonchev–Trinajstić information content (AvgIpc) is 3.35. The molecule has 0 aliphatic heterocycles. The van der Waals surface area contributed by atoms with Gasteiger partial charge in [0.1, 0.15) is 17.4 Å². The number of aryl methyl sites for hydroxylation is 2. The number of amides is 1. The first-order valence-corrected chi connectivity index (χ1v) is 9.94. The average molecular weight is 423 g/mol. The molecule has 9 heteroatoms. The molecule has 1 N–H and O–H groups in total. The lowest BCUT2D eigenvalue weighted by Crippen LogP contribution is -2.14. The molecule has 2 aromatic heterocycles. The van der Waals surface area contributed by atoms with Crippen LogP contribution in [-0.2, 0) is 0 Å². The maximum absolute atomic E-state index is 13.2. The summed E-state index contributed by atoms with van der Waals surface area (Å²) in [6.45, 7) is 3.71. The van der Waals surface area contributed by atoms with E-state index < -0.39 is 5.91 Å². The van der Waals surface area contributed by atoms with Gasteiger partial charge in [-0.25, -0.2) is 19.0 Å². The fourth-order valence-corrected chi connectivity index (χ4v) is 3.65. The van der Waals surface area contributed by atoms with Gasteiger partial charge in [-0.05, 0) is 50.2 Å². The third-order valence-electron chi connectivity index (χ3n) is 4.40. The number of hydrogen-bond acceptors (Lipinski definition) is 6. The molecule has 0 fully saturated rings. The van der Waals surface area contributed by atoms with Gasteiger partial charge in [0, 0.05) is 10.9 Å². The third kappa shape index (κ3) is 3.92. The number of nitrogens with one attached hydrogen (secondary N) is 1. The highest BCUT2D eigenvalue weighted by atomic mass is 32.1. The lowest BCUT2D eigenvalue weighted by atomic mass is 10.1. The van der Waals surface area contributed by atoms with Crippen LogP contribution < -0.4 is 10.1 Å². The summed E-state index contributed by atoms with van der Waals surface area (Å²) in [6.07, 6.45) is 0. The van der Waals surface area contributed by atoms with E-state index in [4.69, 9.17) is 4.74 Å². The number of nitrogens with zero attached hydrogens (tertiary/aromatic N) is 4.